The Kier molecular flexibility index (Phi) is 4.69. The molecule has 0 radical (unpaired) electrons. The molecule has 0 heterocycles. The third-order valence-corrected chi connectivity index (χ3v) is 6.17. The molecule has 2 atom stereocenters. The summed E-state index contributed by atoms with van der Waals surface area (Å²) in [5, 5.41) is 0. The number of sulfonamides is 1. The van der Waals surface area contributed by atoms with Crippen molar-refractivity contribution in [2.24, 2.45) is 5.92 Å². The summed E-state index contributed by atoms with van der Waals surface area (Å²) in [7, 11) is -8.54. The van der Waals surface area contributed by atoms with Crippen LogP contribution < -0.4 is 4.72 Å². The van der Waals surface area contributed by atoms with Crippen molar-refractivity contribution in [3.63, 3.8) is 0 Å². The first-order valence-electron chi connectivity index (χ1n) is 6.77. The topological polar surface area (TPSA) is 80.3 Å². The molecule has 0 amide bonds. The molecular weight excluding hydrogens is 317 g/mol. The SMILES string of the molecule is CC1CCCCC1NS(=O)(=O)c1ccc(S(=O)(=O)F)cc1. The first-order valence-corrected chi connectivity index (χ1v) is 9.64. The quantitative estimate of drug-likeness (QED) is 0.856. The molecule has 1 aliphatic rings. The van der Waals surface area contributed by atoms with Gasteiger partial charge in [0.05, 0.1) is 9.79 Å². The molecule has 8 heteroatoms. The lowest BCUT2D eigenvalue weighted by Crippen LogP contribution is -2.40. The van der Waals surface area contributed by atoms with E-state index in [9.17, 15) is 20.7 Å². The molecule has 0 spiro atoms. The molecule has 0 bridgehead atoms. The second-order valence-electron chi connectivity index (χ2n) is 5.40. The van der Waals surface area contributed by atoms with Gasteiger partial charge in [0, 0.05) is 6.04 Å². The Bertz CT molecular complexity index is 698. The van der Waals surface area contributed by atoms with Gasteiger partial charge in [-0.05, 0) is 43.0 Å². The van der Waals surface area contributed by atoms with Gasteiger partial charge >= 0.3 is 10.2 Å². The van der Waals surface area contributed by atoms with Crippen molar-refractivity contribution in [2.75, 3.05) is 0 Å². The average molecular weight is 335 g/mol. The minimum atomic E-state index is -4.82. The molecule has 1 saturated carbocycles. The summed E-state index contributed by atoms with van der Waals surface area (Å²) in [5.74, 6) is 0.263. The minimum absolute atomic E-state index is 0.0623. The number of rotatable bonds is 4. The van der Waals surface area contributed by atoms with E-state index >= 15 is 0 Å². The third-order valence-electron chi connectivity index (χ3n) is 3.83. The van der Waals surface area contributed by atoms with Crippen LogP contribution in [-0.4, -0.2) is 22.9 Å². The fourth-order valence-electron chi connectivity index (χ4n) is 2.54. The fraction of sp³-hybridized carbons (Fsp3) is 0.538. The second-order valence-corrected chi connectivity index (χ2v) is 8.46. The molecule has 21 heavy (non-hydrogen) atoms. The highest BCUT2D eigenvalue weighted by atomic mass is 32.3. The Labute approximate surface area is 124 Å². The highest BCUT2D eigenvalue weighted by Gasteiger charge is 2.27. The molecule has 1 aliphatic carbocycles. The van der Waals surface area contributed by atoms with E-state index in [1.54, 1.807) is 0 Å². The van der Waals surface area contributed by atoms with Crippen LogP contribution in [0.25, 0.3) is 0 Å². The lowest BCUT2D eigenvalue weighted by Gasteiger charge is -2.29. The summed E-state index contributed by atoms with van der Waals surface area (Å²) >= 11 is 0. The van der Waals surface area contributed by atoms with Gasteiger partial charge in [0.25, 0.3) is 0 Å². The number of nitrogens with one attached hydrogen (secondary N) is 1. The van der Waals surface area contributed by atoms with Gasteiger partial charge in [0.1, 0.15) is 0 Å². The summed E-state index contributed by atoms with van der Waals surface area (Å²) in [4.78, 5) is -0.611. The maximum atomic E-state index is 12.8. The van der Waals surface area contributed by atoms with Crippen molar-refractivity contribution in [1.29, 1.82) is 0 Å². The van der Waals surface area contributed by atoms with Crippen LogP contribution in [0.4, 0.5) is 3.89 Å². The summed E-state index contributed by atoms with van der Waals surface area (Å²) in [6, 6.07) is 3.99. The Morgan fingerprint density at radius 3 is 2.05 bits per heavy atom. The van der Waals surface area contributed by atoms with Crippen LogP contribution in [-0.2, 0) is 20.2 Å². The molecule has 0 aliphatic heterocycles. The van der Waals surface area contributed by atoms with Gasteiger partial charge in [-0.15, -0.1) is 3.89 Å². The van der Waals surface area contributed by atoms with Crippen molar-refractivity contribution in [3.05, 3.63) is 24.3 Å². The zero-order valence-electron chi connectivity index (χ0n) is 11.6. The van der Waals surface area contributed by atoms with Crippen molar-refractivity contribution in [1.82, 2.24) is 4.72 Å². The van der Waals surface area contributed by atoms with Crippen LogP contribution in [0.3, 0.4) is 0 Å². The van der Waals surface area contributed by atoms with E-state index in [1.165, 1.54) is 0 Å². The van der Waals surface area contributed by atoms with Gasteiger partial charge < -0.3 is 0 Å². The Hall–Kier alpha value is -0.990. The zero-order valence-corrected chi connectivity index (χ0v) is 13.3. The predicted octanol–water partition coefficient (Wildman–Crippen LogP) is 2.20. The molecule has 1 N–H and O–H groups in total. The smallest absolute Gasteiger partial charge is 0.208 e. The van der Waals surface area contributed by atoms with Gasteiger partial charge in [-0.25, -0.2) is 13.1 Å². The van der Waals surface area contributed by atoms with E-state index in [0.717, 1.165) is 49.9 Å². The van der Waals surface area contributed by atoms with E-state index in [1.807, 2.05) is 6.92 Å². The molecule has 1 aromatic rings. The molecule has 118 valence electrons. The number of halogens is 1. The van der Waals surface area contributed by atoms with Crippen LogP contribution in [0.2, 0.25) is 0 Å². The Morgan fingerprint density at radius 1 is 1.00 bits per heavy atom. The lowest BCUT2D eigenvalue weighted by molar-refractivity contribution is 0.310. The number of benzene rings is 1. The zero-order chi connectivity index (χ0) is 15.7. The second kappa shape index (κ2) is 6.02. The van der Waals surface area contributed by atoms with Crippen molar-refractivity contribution >= 4 is 20.2 Å². The van der Waals surface area contributed by atoms with E-state index in [4.69, 9.17) is 0 Å². The third kappa shape index (κ3) is 4.02. The average Bonchev–Trinajstić information content (AvgIpc) is 2.40. The summed E-state index contributed by atoms with van der Waals surface area (Å²) in [5.41, 5.74) is 0. The largest absolute Gasteiger partial charge is 0.332 e. The van der Waals surface area contributed by atoms with Gasteiger partial charge in [-0.1, -0.05) is 19.8 Å². The van der Waals surface area contributed by atoms with Crippen LogP contribution in [0.1, 0.15) is 32.6 Å². The maximum absolute atomic E-state index is 12.8. The molecule has 1 fully saturated rings. The summed E-state index contributed by atoms with van der Waals surface area (Å²) in [6.07, 6.45) is 3.85. The van der Waals surface area contributed by atoms with Gasteiger partial charge in [0.15, 0.2) is 0 Å². The molecule has 1 aromatic carbocycles. The van der Waals surface area contributed by atoms with E-state index in [-0.39, 0.29) is 16.9 Å². The first kappa shape index (κ1) is 16.4. The highest BCUT2D eigenvalue weighted by molar-refractivity contribution is 7.89. The lowest BCUT2D eigenvalue weighted by atomic mass is 9.87. The Balaban J connectivity index is 2.19. The molecular formula is C13H18FNO4S2. The highest BCUT2D eigenvalue weighted by Crippen LogP contribution is 2.25. The van der Waals surface area contributed by atoms with E-state index in [2.05, 4.69) is 4.72 Å². The standard InChI is InChI=1S/C13H18FNO4S2/c1-10-4-2-3-5-13(10)15-21(18,19)12-8-6-11(7-9-12)20(14,16)17/h6-10,13,15H,2-5H2,1H3. The van der Waals surface area contributed by atoms with Crippen LogP contribution in [0, 0.1) is 5.92 Å². The maximum Gasteiger partial charge on any atom is 0.332 e. The fourth-order valence-corrected chi connectivity index (χ4v) is 4.38. The first-order chi connectivity index (χ1) is 9.70. The van der Waals surface area contributed by atoms with Gasteiger partial charge in [0.2, 0.25) is 10.0 Å². The van der Waals surface area contributed by atoms with Crippen molar-refractivity contribution < 1.29 is 20.7 Å². The Morgan fingerprint density at radius 2 is 1.52 bits per heavy atom. The van der Waals surface area contributed by atoms with Gasteiger partial charge in [-0.2, -0.15) is 8.42 Å². The summed E-state index contributed by atoms with van der Waals surface area (Å²) < 4.78 is 61.4. The molecule has 2 unspecified atom stereocenters. The molecule has 5 nitrogen and oxygen atoms in total. The van der Waals surface area contributed by atoms with Crippen molar-refractivity contribution in [3.8, 4) is 0 Å². The number of hydrogen-bond donors (Lipinski definition) is 1. The van der Waals surface area contributed by atoms with Crippen LogP contribution in [0.5, 0.6) is 0 Å². The van der Waals surface area contributed by atoms with Crippen molar-refractivity contribution in [2.45, 2.75) is 48.4 Å². The predicted molar refractivity (Wildman–Crippen MR) is 76.5 cm³/mol. The van der Waals surface area contributed by atoms with Gasteiger partial charge in [-0.3, -0.25) is 0 Å². The van der Waals surface area contributed by atoms with Crippen LogP contribution in [0.15, 0.2) is 34.1 Å². The molecule has 2 rings (SSSR count). The summed E-state index contributed by atoms with van der Waals surface area (Å²) in [6.45, 7) is 2.01. The normalized spacial score (nSPS) is 23.9. The minimum Gasteiger partial charge on any atom is -0.208 e. The van der Waals surface area contributed by atoms with E-state index < -0.39 is 25.1 Å². The van der Waals surface area contributed by atoms with Crippen LogP contribution >= 0.6 is 0 Å². The monoisotopic (exact) mass is 335 g/mol. The molecule has 0 aromatic heterocycles. The molecule has 0 saturated heterocycles. The number of hydrogen-bond acceptors (Lipinski definition) is 4. The van der Waals surface area contributed by atoms with E-state index in [0.29, 0.717) is 0 Å².